The number of hydrogen-bond acceptors (Lipinski definition) is 4. The van der Waals surface area contributed by atoms with Gasteiger partial charge in [0.1, 0.15) is 10.6 Å². The van der Waals surface area contributed by atoms with Gasteiger partial charge in [-0.05, 0) is 25.1 Å². The van der Waals surface area contributed by atoms with Crippen LogP contribution in [0.4, 0.5) is 0 Å². The molecule has 1 aromatic carbocycles. The van der Waals surface area contributed by atoms with E-state index in [4.69, 9.17) is 9.84 Å². The largest absolute Gasteiger partial charge is 0.494 e. The van der Waals surface area contributed by atoms with Gasteiger partial charge >= 0.3 is 5.97 Å². The summed E-state index contributed by atoms with van der Waals surface area (Å²) in [5, 5.41) is 12.2. The van der Waals surface area contributed by atoms with Gasteiger partial charge < -0.3 is 15.2 Å². The fourth-order valence-corrected chi connectivity index (χ4v) is 2.67. The number of nitrogens with one attached hydrogen (secondary N) is 1. The van der Waals surface area contributed by atoms with Crippen molar-refractivity contribution in [2.75, 3.05) is 6.61 Å². The number of aromatic carboxylic acids is 1. The zero-order chi connectivity index (χ0) is 14.4. The molecule has 5 heteroatoms. The van der Waals surface area contributed by atoms with Crippen LogP contribution in [-0.2, 0) is 13.1 Å². The lowest BCUT2D eigenvalue weighted by atomic mass is 10.2. The molecule has 4 nitrogen and oxygen atoms in total. The maximum Gasteiger partial charge on any atom is 0.345 e. The van der Waals surface area contributed by atoms with Gasteiger partial charge in [-0.2, -0.15) is 0 Å². The van der Waals surface area contributed by atoms with Crippen molar-refractivity contribution in [2.45, 2.75) is 20.0 Å². The third-order valence-corrected chi connectivity index (χ3v) is 3.83. The summed E-state index contributed by atoms with van der Waals surface area (Å²) in [5.41, 5.74) is 1.10. The van der Waals surface area contributed by atoms with Crippen LogP contribution in [0.15, 0.2) is 36.4 Å². The maximum atomic E-state index is 10.8. The van der Waals surface area contributed by atoms with E-state index in [1.807, 2.05) is 37.3 Å². The number of ether oxygens (including phenoxy) is 1. The van der Waals surface area contributed by atoms with Gasteiger partial charge in [0.05, 0.1) is 6.61 Å². The minimum atomic E-state index is -0.872. The molecule has 0 fully saturated rings. The first kappa shape index (κ1) is 14.6. The first-order valence-corrected chi connectivity index (χ1v) is 7.25. The Morgan fingerprint density at radius 2 is 2.05 bits per heavy atom. The molecular weight excluding hydrogens is 274 g/mol. The standard InChI is InChI=1S/C15H17NO3S/c1-2-19-13-6-4-3-5-11(13)9-16-10-12-7-8-14(20-12)15(17)18/h3-8,16H,2,9-10H2,1H3,(H,17,18). The van der Waals surface area contributed by atoms with E-state index >= 15 is 0 Å². The van der Waals surface area contributed by atoms with Gasteiger partial charge in [-0.15, -0.1) is 11.3 Å². The van der Waals surface area contributed by atoms with E-state index in [0.29, 0.717) is 24.6 Å². The summed E-state index contributed by atoms with van der Waals surface area (Å²) in [6, 6.07) is 11.4. The molecule has 0 saturated heterocycles. The summed E-state index contributed by atoms with van der Waals surface area (Å²) >= 11 is 1.30. The van der Waals surface area contributed by atoms with Crippen LogP contribution in [0.2, 0.25) is 0 Å². The van der Waals surface area contributed by atoms with Crippen molar-refractivity contribution in [3.05, 3.63) is 51.7 Å². The molecule has 0 aliphatic heterocycles. The van der Waals surface area contributed by atoms with Gasteiger partial charge in [0, 0.05) is 23.5 Å². The molecular formula is C15H17NO3S. The van der Waals surface area contributed by atoms with Crippen molar-refractivity contribution in [3.8, 4) is 5.75 Å². The number of benzene rings is 1. The summed E-state index contributed by atoms with van der Waals surface area (Å²) in [4.78, 5) is 12.2. The Morgan fingerprint density at radius 3 is 2.75 bits per heavy atom. The smallest absolute Gasteiger partial charge is 0.345 e. The second-order valence-corrected chi connectivity index (χ2v) is 5.38. The summed E-state index contributed by atoms with van der Waals surface area (Å²) in [6.07, 6.45) is 0. The van der Waals surface area contributed by atoms with E-state index in [1.165, 1.54) is 11.3 Å². The molecule has 0 bridgehead atoms. The van der Waals surface area contributed by atoms with Gasteiger partial charge in [-0.25, -0.2) is 4.79 Å². The third kappa shape index (κ3) is 3.82. The number of carbonyl (C=O) groups is 1. The Hall–Kier alpha value is -1.85. The van der Waals surface area contributed by atoms with Crippen LogP contribution < -0.4 is 10.1 Å². The Bertz CT molecular complexity index is 580. The summed E-state index contributed by atoms with van der Waals surface area (Å²) < 4.78 is 5.56. The normalized spacial score (nSPS) is 10.4. The lowest BCUT2D eigenvalue weighted by molar-refractivity contribution is 0.0702. The lowest BCUT2D eigenvalue weighted by Crippen LogP contribution is -2.12. The van der Waals surface area contributed by atoms with E-state index in [9.17, 15) is 4.79 Å². The maximum absolute atomic E-state index is 10.8. The molecule has 0 amide bonds. The average Bonchev–Trinajstić information content (AvgIpc) is 2.90. The Morgan fingerprint density at radius 1 is 1.25 bits per heavy atom. The number of carboxylic acids is 1. The molecule has 1 heterocycles. The van der Waals surface area contributed by atoms with Crippen molar-refractivity contribution in [1.82, 2.24) is 5.32 Å². The Kier molecular flexibility index (Phi) is 5.15. The number of hydrogen-bond donors (Lipinski definition) is 2. The molecule has 0 aliphatic rings. The molecule has 0 aliphatic carbocycles. The molecule has 106 valence electrons. The summed E-state index contributed by atoms with van der Waals surface area (Å²) in [7, 11) is 0. The minimum absolute atomic E-state index is 0.372. The van der Waals surface area contributed by atoms with Crippen molar-refractivity contribution < 1.29 is 14.6 Å². The first-order chi connectivity index (χ1) is 9.70. The van der Waals surface area contributed by atoms with Crippen molar-refractivity contribution in [2.24, 2.45) is 0 Å². The van der Waals surface area contributed by atoms with Crippen LogP contribution in [0, 0.1) is 0 Å². The third-order valence-electron chi connectivity index (χ3n) is 2.76. The van der Waals surface area contributed by atoms with E-state index in [1.54, 1.807) is 6.07 Å². The fourth-order valence-electron chi connectivity index (χ4n) is 1.85. The second-order valence-electron chi connectivity index (χ2n) is 4.22. The Balaban J connectivity index is 1.90. The van der Waals surface area contributed by atoms with Gasteiger partial charge in [-0.1, -0.05) is 18.2 Å². The molecule has 2 rings (SSSR count). The van der Waals surface area contributed by atoms with Gasteiger partial charge in [0.15, 0.2) is 0 Å². The fraction of sp³-hybridized carbons (Fsp3) is 0.267. The Labute approximate surface area is 122 Å². The summed E-state index contributed by atoms with van der Waals surface area (Å²) in [5.74, 6) is 0.0165. The van der Waals surface area contributed by atoms with E-state index in [0.717, 1.165) is 16.2 Å². The molecule has 0 radical (unpaired) electrons. The quantitative estimate of drug-likeness (QED) is 0.823. The predicted molar refractivity (Wildman–Crippen MR) is 79.4 cm³/mol. The topological polar surface area (TPSA) is 58.6 Å². The van der Waals surface area contributed by atoms with E-state index in [2.05, 4.69) is 5.32 Å². The average molecular weight is 291 g/mol. The van der Waals surface area contributed by atoms with E-state index < -0.39 is 5.97 Å². The highest BCUT2D eigenvalue weighted by Crippen LogP contribution is 2.19. The highest BCUT2D eigenvalue weighted by Gasteiger charge is 2.07. The number of para-hydroxylation sites is 1. The first-order valence-electron chi connectivity index (χ1n) is 6.44. The van der Waals surface area contributed by atoms with Crippen molar-refractivity contribution >= 4 is 17.3 Å². The highest BCUT2D eigenvalue weighted by molar-refractivity contribution is 7.13. The number of rotatable bonds is 7. The van der Waals surface area contributed by atoms with Gasteiger partial charge in [0.2, 0.25) is 0 Å². The number of thiophene rings is 1. The molecule has 2 N–H and O–H groups in total. The van der Waals surface area contributed by atoms with Crippen LogP contribution >= 0.6 is 11.3 Å². The molecule has 0 atom stereocenters. The zero-order valence-corrected chi connectivity index (χ0v) is 12.1. The minimum Gasteiger partial charge on any atom is -0.494 e. The SMILES string of the molecule is CCOc1ccccc1CNCc1ccc(C(=O)O)s1. The van der Waals surface area contributed by atoms with E-state index in [-0.39, 0.29) is 0 Å². The van der Waals surface area contributed by atoms with Crippen molar-refractivity contribution in [3.63, 3.8) is 0 Å². The highest BCUT2D eigenvalue weighted by atomic mass is 32.1. The molecule has 2 aromatic rings. The monoisotopic (exact) mass is 291 g/mol. The van der Waals surface area contributed by atoms with Crippen LogP contribution in [-0.4, -0.2) is 17.7 Å². The lowest BCUT2D eigenvalue weighted by Gasteiger charge is -2.10. The van der Waals surface area contributed by atoms with Crippen LogP contribution in [0.5, 0.6) is 5.75 Å². The molecule has 0 saturated carbocycles. The van der Waals surface area contributed by atoms with Crippen molar-refractivity contribution in [1.29, 1.82) is 0 Å². The zero-order valence-electron chi connectivity index (χ0n) is 11.3. The van der Waals surface area contributed by atoms with Crippen LogP contribution in [0.25, 0.3) is 0 Å². The van der Waals surface area contributed by atoms with Gasteiger partial charge in [0.25, 0.3) is 0 Å². The molecule has 0 unspecified atom stereocenters. The second kappa shape index (κ2) is 7.07. The van der Waals surface area contributed by atoms with Crippen LogP contribution in [0.1, 0.15) is 27.0 Å². The summed E-state index contributed by atoms with van der Waals surface area (Å²) in [6.45, 7) is 3.95. The molecule has 0 spiro atoms. The molecule has 1 aromatic heterocycles. The van der Waals surface area contributed by atoms with Crippen LogP contribution in [0.3, 0.4) is 0 Å². The number of carboxylic acid groups (broad SMARTS) is 1. The predicted octanol–water partition coefficient (Wildman–Crippen LogP) is 3.13. The van der Waals surface area contributed by atoms with Gasteiger partial charge in [-0.3, -0.25) is 0 Å². The molecule has 20 heavy (non-hydrogen) atoms.